The number of carbonyl (C=O) groups is 1. The average molecular weight is 473 g/mol. The van der Waals surface area contributed by atoms with Crippen molar-refractivity contribution in [2.24, 2.45) is 0 Å². The van der Waals surface area contributed by atoms with Gasteiger partial charge in [-0.3, -0.25) is 0 Å². The normalized spacial score (nSPS) is 12.8. The van der Waals surface area contributed by atoms with Crippen molar-refractivity contribution in [3.8, 4) is 5.75 Å². The molecule has 3 aromatic rings. The number of hydrogen-bond acceptors (Lipinski definition) is 3. The Morgan fingerprint density at radius 2 is 1.22 bits per heavy atom. The van der Waals surface area contributed by atoms with Gasteiger partial charge in [0.1, 0.15) is 5.75 Å². The van der Waals surface area contributed by atoms with E-state index in [0.29, 0.717) is 9.79 Å². The second-order valence-electron chi connectivity index (χ2n) is 6.35. The molecule has 3 rings (SSSR count). The Bertz CT molecular complexity index is 1030. The van der Waals surface area contributed by atoms with Gasteiger partial charge < -0.3 is 9.47 Å². The molecular formula is C22H15F6O3S+. The number of halogens is 6. The Balaban J connectivity index is 1.88. The predicted octanol–water partition coefficient (Wildman–Crippen LogP) is 6.40. The minimum Gasteiger partial charge on any atom is -0.452 e. The van der Waals surface area contributed by atoms with Crippen LogP contribution in [0.3, 0.4) is 0 Å². The van der Waals surface area contributed by atoms with Crippen LogP contribution in [0.5, 0.6) is 5.75 Å². The van der Waals surface area contributed by atoms with E-state index in [4.69, 9.17) is 0 Å². The summed E-state index contributed by atoms with van der Waals surface area (Å²) < 4.78 is 82.2. The number of benzene rings is 3. The van der Waals surface area contributed by atoms with Gasteiger partial charge in [0.25, 0.3) is 0 Å². The number of rotatable bonds is 6. The molecule has 0 amide bonds. The SMILES string of the molecule is O=C(OCC(F)(F)F)c1ccc([S+](c2ccccc2)c2ccc(OC(F)(F)F)cc2)cc1. The molecule has 3 nitrogen and oxygen atoms in total. The van der Waals surface area contributed by atoms with Crippen LogP contribution in [0.25, 0.3) is 0 Å². The highest BCUT2D eigenvalue weighted by Crippen LogP contribution is 2.33. The Labute approximate surface area is 181 Å². The lowest BCUT2D eigenvalue weighted by Crippen LogP contribution is -2.20. The fraction of sp³-hybridized carbons (Fsp3) is 0.136. The predicted molar refractivity (Wildman–Crippen MR) is 105 cm³/mol. The minimum atomic E-state index is -4.81. The van der Waals surface area contributed by atoms with Crippen LogP contribution >= 0.6 is 0 Å². The van der Waals surface area contributed by atoms with Crippen LogP contribution in [0, 0.1) is 0 Å². The number of carbonyl (C=O) groups excluding carboxylic acids is 1. The molecule has 32 heavy (non-hydrogen) atoms. The Hall–Kier alpha value is -3.14. The van der Waals surface area contributed by atoms with Gasteiger partial charge in [0.2, 0.25) is 0 Å². The lowest BCUT2D eigenvalue weighted by Gasteiger charge is -2.11. The third-order valence-electron chi connectivity index (χ3n) is 3.96. The van der Waals surface area contributed by atoms with Gasteiger partial charge in [-0.05, 0) is 60.7 Å². The van der Waals surface area contributed by atoms with Gasteiger partial charge in [0.15, 0.2) is 21.3 Å². The molecule has 0 N–H and O–H groups in total. The van der Waals surface area contributed by atoms with E-state index in [-0.39, 0.29) is 11.3 Å². The van der Waals surface area contributed by atoms with Gasteiger partial charge in [-0.15, -0.1) is 13.2 Å². The van der Waals surface area contributed by atoms with Crippen molar-refractivity contribution in [2.45, 2.75) is 27.2 Å². The van der Waals surface area contributed by atoms with E-state index in [1.807, 2.05) is 18.2 Å². The fourth-order valence-corrected chi connectivity index (χ4v) is 4.76. The molecule has 10 heteroatoms. The maximum atomic E-state index is 12.4. The zero-order chi connectivity index (χ0) is 23.4. The highest BCUT2D eigenvalue weighted by molar-refractivity contribution is 7.97. The molecule has 0 aromatic heterocycles. The van der Waals surface area contributed by atoms with Crippen LogP contribution in [0.2, 0.25) is 0 Å². The molecule has 3 aromatic carbocycles. The van der Waals surface area contributed by atoms with Crippen molar-refractivity contribution in [2.75, 3.05) is 6.61 Å². The molecule has 0 aliphatic heterocycles. The van der Waals surface area contributed by atoms with E-state index in [2.05, 4.69) is 9.47 Å². The first-order chi connectivity index (χ1) is 15.0. The van der Waals surface area contributed by atoms with Gasteiger partial charge in [-0.2, -0.15) is 13.2 Å². The Morgan fingerprint density at radius 3 is 1.72 bits per heavy atom. The van der Waals surface area contributed by atoms with Gasteiger partial charge in [-0.1, -0.05) is 18.2 Å². The molecule has 0 aliphatic rings. The topological polar surface area (TPSA) is 35.5 Å². The van der Waals surface area contributed by atoms with Gasteiger partial charge in [0, 0.05) is 0 Å². The third kappa shape index (κ3) is 6.68. The summed E-state index contributed by atoms with van der Waals surface area (Å²) in [5, 5.41) is 0. The van der Waals surface area contributed by atoms with Gasteiger partial charge in [-0.25, -0.2) is 4.79 Å². The Morgan fingerprint density at radius 1 is 0.719 bits per heavy atom. The summed E-state index contributed by atoms with van der Waals surface area (Å²) in [5.41, 5.74) is -0.0523. The molecule has 0 bridgehead atoms. The number of hydrogen-bond donors (Lipinski definition) is 0. The summed E-state index contributed by atoms with van der Waals surface area (Å²) in [6.45, 7) is -1.69. The van der Waals surface area contributed by atoms with E-state index in [0.717, 1.165) is 4.90 Å². The standard InChI is InChI=1S/C22H15F6O3S/c23-21(24,25)14-30-20(29)15-6-10-18(11-7-15)32(17-4-2-1-3-5-17)19-12-8-16(9-13-19)31-22(26,27)28/h1-13H,14H2/q+1. The second kappa shape index (κ2) is 9.56. The molecule has 0 radical (unpaired) electrons. The van der Waals surface area contributed by atoms with Crippen molar-refractivity contribution < 1.29 is 40.6 Å². The number of alkyl halides is 6. The fourth-order valence-electron chi connectivity index (χ4n) is 2.70. The second-order valence-corrected chi connectivity index (χ2v) is 8.38. The molecular weight excluding hydrogens is 458 g/mol. The van der Waals surface area contributed by atoms with Crippen LogP contribution in [0.1, 0.15) is 10.4 Å². The zero-order valence-electron chi connectivity index (χ0n) is 16.1. The molecule has 0 saturated carbocycles. The Kier molecular flexibility index (Phi) is 7.02. The lowest BCUT2D eigenvalue weighted by molar-refractivity contribution is -0.274. The summed E-state index contributed by atoms with van der Waals surface area (Å²) in [7, 11) is -0.754. The van der Waals surface area contributed by atoms with Crippen molar-refractivity contribution in [1.29, 1.82) is 0 Å². The summed E-state index contributed by atoms with van der Waals surface area (Å²) in [6, 6.07) is 20.3. The van der Waals surface area contributed by atoms with Crippen molar-refractivity contribution in [3.05, 3.63) is 84.4 Å². The van der Waals surface area contributed by atoms with E-state index in [9.17, 15) is 31.1 Å². The van der Waals surface area contributed by atoms with Crippen molar-refractivity contribution in [1.82, 2.24) is 0 Å². The zero-order valence-corrected chi connectivity index (χ0v) is 16.9. The minimum absolute atomic E-state index is 0.0523. The maximum Gasteiger partial charge on any atom is 0.573 e. The number of esters is 1. The number of ether oxygens (including phenoxy) is 2. The summed E-state index contributed by atoms with van der Waals surface area (Å²) in [4.78, 5) is 14.1. The van der Waals surface area contributed by atoms with Crippen LogP contribution in [0.4, 0.5) is 26.3 Å². The van der Waals surface area contributed by atoms with E-state index < -0.39 is 36.0 Å². The van der Waals surface area contributed by atoms with E-state index in [1.165, 1.54) is 36.4 Å². The van der Waals surface area contributed by atoms with Gasteiger partial charge in [0.05, 0.1) is 16.5 Å². The molecule has 0 heterocycles. The summed E-state index contributed by atoms with van der Waals surface area (Å²) in [5.74, 6) is -1.47. The molecule has 0 fully saturated rings. The molecule has 1 atom stereocenters. The first kappa shape index (κ1) is 23.5. The largest absolute Gasteiger partial charge is 0.573 e. The van der Waals surface area contributed by atoms with Crippen LogP contribution < -0.4 is 4.74 Å². The van der Waals surface area contributed by atoms with E-state index in [1.54, 1.807) is 24.3 Å². The molecule has 0 aliphatic carbocycles. The quantitative estimate of drug-likeness (QED) is 0.236. The molecule has 168 valence electrons. The summed E-state index contributed by atoms with van der Waals surface area (Å²) >= 11 is 0. The highest BCUT2D eigenvalue weighted by Gasteiger charge is 2.33. The van der Waals surface area contributed by atoms with Crippen molar-refractivity contribution >= 4 is 16.9 Å². The first-order valence-corrected chi connectivity index (χ1v) is 10.2. The average Bonchev–Trinajstić information content (AvgIpc) is 2.73. The third-order valence-corrected chi connectivity index (χ3v) is 6.20. The van der Waals surface area contributed by atoms with Crippen LogP contribution in [-0.4, -0.2) is 25.1 Å². The monoisotopic (exact) mass is 473 g/mol. The van der Waals surface area contributed by atoms with Crippen molar-refractivity contribution in [3.63, 3.8) is 0 Å². The molecule has 1 unspecified atom stereocenters. The smallest absolute Gasteiger partial charge is 0.452 e. The van der Waals surface area contributed by atoms with Crippen LogP contribution in [-0.2, 0) is 15.6 Å². The lowest BCUT2D eigenvalue weighted by atomic mass is 10.2. The molecule has 0 saturated heterocycles. The highest BCUT2D eigenvalue weighted by atomic mass is 32.2. The maximum absolute atomic E-state index is 12.4. The molecule has 0 spiro atoms. The van der Waals surface area contributed by atoms with E-state index >= 15 is 0 Å². The summed E-state index contributed by atoms with van der Waals surface area (Å²) in [6.07, 6.45) is -9.43. The van der Waals surface area contributed by atoms with Gasteiger partial charge >= 0.3 is 18.5 Å². The first-order valence-electron chi connectivity index (χ1n) is 9.01. The van der Waals surface area contributed by atoms with Crippen LogP contribution in [0.15, 0.2) is 93.5 Å².